The molecule has 0 aliphatic heterocycles. The SMILES string of the molecule is C/C=C/C=C/CO.CCCCCCCCCCCCCCCCCC(=O)O. The maximum Gasteiger partial charge on any atom is 0.303 e. The average molecular weight is 383 g/mol. The van der Waals surface area contributed by atoms with E-state index < -0.39 is 5.97 Å². The summed E-state index contributed by atoms with van der Waals surface area (Å²) in [5, 5.41) is 16.7. The number of hydrogen-bond acceptors (Lipinski definition) is 2. The lowest BCUT2D eigenvalue weighted by atomic mass is 10.0. The first kappa shape index (κ1) is 28.1. The third-order valence-corrected chi connectivity index (χ3v) is 4.54. The highest BCUT2D eigenvalue weighted by Gasteiger charge is 1.97. The average Bonchev–Trinajstić information content (AvgIpc) is 2.65. The van der Waals surface area contributed by atoms with Crippen LogP contribution in [-0.2, 0) is 4.79 Å². The van der Waals surface area contributed by atoms with E-state index in [0.29, 0.717) is 6.42 Å². The number of aliphatic carboxylic acids is 1. The van der Waals surface area contributed by atoms with Gasteiger partial charge in [-0.15, -0.1) is 0 Å². The fourth-order valence-corrected chi connectivity index (χ4v) is 2.90. The van der Waals surface area contributed by atoms with Crippen LogP contribution in [0.5, 0.6) is 0 Å². The van der Waals surface area contributed by atoms with Crippen molar-refractivity contribution < 1.29 is 15.0 Å². The smallest absolute Gasteiger partial charge is 0.303 e. The van der Waals surface area contributed by atoms with Crippen LogP contribution in [0.4, 0.5) is 0 Å². The first-order valence-corrected chi connectivity index (χ1v) is 11.3. The zero-order chi connectivity index (χ0) is 20.4. The van der Waals surface area contributed by atoms with Crippen molar-refractivity contribution in [3.05, 3.63) is 24.3 Å². The second-order valence-corrected chi connectivity index (χ2v) is 7.23. The van der Waals surface area contributed by atoms with E-state index in [4.69, 9.17) is 10.2 Å². The quantitative estimate of drug-likeness (QED) is 0.191. The minimum absolute atomic E-state index is 0.129. The monoisotopic (exact) mass is 382 g/mol. The van der Waals surface area contributed by atoms with Crippen LogP contribution in [0.1, 0.15) is 117 Å². The Morgan fingerprint density at radius 2 is 1.11 bits per heavy atom. The Kier molecular flexibility index (Phi) is 28.3. The van der Waals surface area contributed by atoms with Crippen molar-refractivity contribution in [3.8, 4) is 0 Å². The van der Waals surface area contributed by atoms with E-state index in [-0.39, 0.29) is 6.61 Å². The summed E-state index contributed by atoms with van der Waals surface area (Å²) in [6.07, 6.45) is 27.5. The number of aliphatic hydroxyl groups excluding tert-OH is 1. The van der Waals surface area contributed by atoms with Crippen LogP contribution in [0, 0.1) is 0 Å². The van der Waals surface area contributed by atoms with E-state index in [1.54, 1.807) is 12.2 Å². The Labute approximate surface area is 169 Å². The van der Waals surface area contributed by atoms with E-state index in [1.165, 1.54) is 83.5 Å². The van der Waals surface area contributed by atoms with Crippen LogP contribution >= 0.6 is 0 Å². The molecule has 0 saturated carbocycles. The third kappa shape index (κ3) is 33.0. The summed E-state index contributed by atoms with van der Waals surface area (Å²) >= 11 is 0. The van der Waals surface area contributed by atoms with E-state index in [2.05, 4.69) is 6.92 Å². The molecule has 3 nitrogen and oxygen atoms in total. The van der Waals surface area contributed by atoms with E-state index in [9.17, 15) is 4.79 Å². The van der Waals surface area contributed by atoms with Gasteiger partial charge in [0.25, 0.3) is 0 Å². The summed E-state index contributed by atoms with van der Waals surface area (Å²) in [5.41, 5.74) is 0. The van der Waals surface area contributed by atoms with Crippen LogP contribution in [0.3, 0.4) is 0 Å². The molecule has 0 aromatic carbocycles. The molecule has 0 heterocycles. The van der Waals surface area contributed by atoms with Gasteiger partial charge in [-0.3, -0.25) is 4.79 Å². The molecule has 3 heteroatoms. The minimum Gasteiger partial charge on any atom is -0.481 e. The predicted molar refractivity (Wildman–Crippen MR) is 118 cm³/mol. The fourth-order valence-electron chi connectivity index (χ4n) is 2.90. The number of unbranched alkanes of at least 4 members (excludes halogenated alkanes) is 14. The fraction of sp³-hybridized carbons (Fsp3) is 0.792. The highest BCUT2D eigenvalue weighted by molar-refractivity contribution is 5.66. The van der Waals surface area contributed by atoms with Crippen molar-refractivity contribution in [2.24, 2.45) is 0 Å². The first-order chi connectivity index (χ1) is 13.2. The predicted octanol–water partition coefficient (Wildman–Crippen LogP) is 7.44. The molecule has 0 aromatic rings. The van der Waals surface area contributed by atoms with Crippen molar-refractivity contribution in [3.63, 3.8) is 0 Å². The lowest BCUT2D eigenvalue weighted by Gasteiger charge is -2.03. The maximum absolute atomic E-state index is 10.3. The van der Waals surface area contributed by atoms with E-state index >= 15 is 0 Å². The highest BCUT2D eigenvalue weighted by Crippen LogP contribution is 2.13. The van der Waals surface area contributed by atoms with Crippen LogP contribution in [-0.4, -0.2) is 22.8 Å². The maximum atomic E-state index is 10.3. The van der Waals surface area contributed by atoms with E-state index in [0.717, 1.165) is 12.8 Å². The van der Waals surface area contributed by atoms with Gasteiger partial charge < -0.3 is 10.2 Å². The highest BCUT2D eigenvalue weighted by atomic mass is 16.4. The van der Waals surface area contributed by atoms with Gasteiger partial charge in [0.1, 0.15) is 0 Å². The number of rotatable bonds is 18. The molecule has 2 N–H and O–H groups in total. The molecule has 0 amide bonds. The molecule has 0 bridgehead atoms. The largest absolute Gasteiger partial charge is 0.481 e. The summed E-state index contributed by atoms with van der Waals surface area (Å²) in [6.45, 7) is 4.33. The number of carboxylic acids is 1. The summed E-state index contributed by atoms with van der Waals surface area (Å²) in [5.74, 6) is -0.653. The molecule has 160 valence electrons. The van der Waals surface area contributed by atoms with Gasteiger partial charge in [0.15, 0.2) is 0 Å². The molecule has 0 aliphatic rings. The zero-order valence-corrected chi connectivity index (χ0v) is 18.1. The number of carbonyl (C=O) groups is 1. The van der Waals surface area contributed by atoms with E-state index in [1.807, 2.05) is 19.1 Å². The number of aliphatic hydroxyl groups is 1. The Hall–Kier alpha value is -1.09. The number of hydrogen-bond donors (Lipinski definition) is 2. The van der Waals surface area contributed by atoms with Crippen molar-refractivity contribution in [2.45, 2.75) is 117 Å². The van der Waals surface area contributed by atoms with Gasteiger partial charge in [-0.25, -0.2) is 0 Å². The number of carboxylic acid groups (broad SMARTS) is 1. The lowest BCUT2D eigenvalue weighted by Crippen LogP contribution is -1.93. The standard InChI is InChI=1S/C18H36O2.C6H10O/c1-2-3-4-5-6-7-8-9-10-11-12-13-14-15-16-17-18(19)20;1-2-3-4-5-6-7/h2-17H2,1H3,(H,19,20);2-5,7H,6H2,1H3/b;3-2+,5-4+. The summed E-state index contributed by atoms with van der Waals surface area (Å²) < 4.78 is 0. The molecule has 0 rings (SSSR count). The van der Waals surface area contributed by atoms with Gasteiger partial charge in [0.2, 0.25) is 0 Å². The zero-order valence-electron chi connectivity index (χ0n) is 18.1. The molecule has 0 saturated heterocycles. The van der Waals surface area contributed by atoms with Crippen molar-refractivity contribution >= 4 is 5.97 Å². The van der Waals surface area contributed by atoms with Crippen molar-refractivity contribution in [1.29, 1.82) is 0 Å². The van der Waals surface area contributed by atoms with Crippen molar-refractivity contribution in [2.75, 3.05) is 6.61 Å². The minimum atomic E-state index is -0.653. The van der Waals surface area contributed by atoms with Gasteiger partial charge in [0, 0.05) is 6.42 Å². The van der Waals surface area contributed by atoms with Crippen LogP contribution in [0.25, 0.3) is 0 Å². The normalized spacial score (nSPS) is 11.1. The molecular formula is C24H46O3. The Morgan fingerprint density at radius 3 is 1.44 bits per heavy atom. The third-order valence-electron chi connectivity index (χ3n) is 4.54. The van der Waals surface area contributed by atoms with Crippen molar-refractivity contribution in [1.82, 2.24) is 0 Å². The Bertz CT molecular complexity index is 335. The molecule has 0 unspecified atom stereocenters. The summed E-state index contributed by atoms with van der Waals surface area (Å²) in [7, 11) is 0. The molecule has 0 spiro atoms. The lowest BCUT2D eigenvalue weighted by molar-refractivity contribution is -0.137. The van der Waals surface area contributed by atoms with Crippen LogP contribution in [0.2, 0.25) is 0 Å². The molecule has 0 aromatic heterocycles. The van der Waals surface area contributed by atoms with Gasteiger partial charge in [0.05, 0.1) is 6.61 Å². The van der Waals surface area contributed by atoms with Gasteiger partial charge >= 0.3 is 5.97 Å². The summed E-state index contributed by atoms with van der Waals surface area (Å²) in [4.78, 5) is 10.3. The second-order valence-electron chi connectivity index (χ2n) is 7.23. The number of allylic oxidation sites excluding steroid dienone is 3. The molecule has 0 radical (unpaired) electrons. The van der Waals surface area contributed by atoms with Gasteiger partial charge in [-0.1, -0.05) is 121 Å². The van der Waals surface area contributed by atoms with Gasteiger partial charge in [-0.05, 0) is 13.3 Å². The molecule has 0 aliphatic carbocycles. The molecular weight excluding hydrogens is 336 g/mol. The molecule has 27 heavy (non-hydrogen) atoms. The first-order valence-electron chi connectivity index (χ1n) is 11.3. The van der Waals surface area contributed by atoms with Crippen LogP contribution < -0.4 is 0 Å². The van der Waals surface area contributed by atoms with Gasteiger partial charge in [-0.2, -0.15) is 0 Å². The Morgan fingerprint density at radius 1 is 0.704 bits per heavy atom. The molecule has 0 fully saturated rings. The second kappa shape index (κ2) is 27.1. The summed E-state index contributed by atoms with van der Waals surface area (Å²) in [6, 6.07) is 0. The molecule has 0 atom stereocenters. The Balaban J connectivity index is 0. The topological polar surface area (TPSA) is 57.5 Å². The van der Waals surface area contributed by atoms with Crippen LogP contribution in [0.15, 0.2) is 24.3 Å².